The summed E-state index contributed by atoms with van der Waals surface area (Å²) in [6.07, 6.45) is 0. The van der Waals surface area contributed by atoms with E-state index in [1.165, 1.54) is 11.4 Å². The van der Waals surface area contributed by atoms with Crippen molar-refractivity contribution in [2.45, 2.75) is 33.1 Å². The van der Waals surface area contributed by atoms with Crippen LogP contribution in [0.4, 0.5) is 10.8 Å². The molecule has 0 aliphatic carbocycles. The van der Waals surface area contributed by atoms with E-state index < -0.39 is 10.8 Å². The average molecular weight is 309 g/mol. The third kappa shape index (κ3) is 3.10. The van der Waals surface area contributed by atoms with Crippen LogP contribution in [0.2, 0.25) is 0 Å². The highest BCUT2D eigenvalue weighted by molar-refractivity contribution is 7.13. The lowest BCUT2D eigenvalue weighted by molar-refractivity contribution is -0.380. The van der Waals surface area contributed by atoms with Crippen molar-refractivity contribution >= 4 is 28.1 Å². The van der Waals surface area contributed by atoms with Gasteiger partial charge in [-0.25, -0.2) is 0 Å². The molecule has 2 aromatic heterocycles. The summed E-state index contributed by atoms with van der Waals surface area (Å²) in [4.78, 5) is 22.1. The van der Waals surface area contributed by atoms with Gasteiger partial charge in [-0.3, -0.25) is 14.9 Å². The van der Waals surface area contributed by atoms with E-state index in [1.807, 2.05) is 27.7 Å². The molecule has 0 aliphatic rings. The first-order valence-corrected chi connectivity index (χ1v) is 7.09. The summed E-state index contributed by atoms with van der Waals surface area (Å²) in [6, 6.07) is 1.24. The van der Waals surface area contributed by atoms with Crippen LogP contribution in [0.3, 0.4) is 0 Å². The fraction of sp³-hybridized carbons (Fsp3) is 0.385. The molecule has 2 heterocycles. The van der Waals surface area contributed by atoms with E-state index in [4.69, 9.17) is 4.52 Å². The predicted octanol–water partition coefficient (Wildman–Crippen LogP) is 3.50. The summed E-state index contributed by atoms with van der Waals surface area (Å²) in [5.74, 6) is 0.573. The van der Waals surface area contributed by atoms with Crippen LogP contribution in [-0.2, 0) is 5.41 Å². The number of aromatic nitrogens is 1. The molecular weight excluding hydrogens is 294 g/mol. The van der Waals surface area contributed by atoms with Crippen molar-refractivity contribution in [2.24, 2.45) is 0 Å². The second-order valence-corrected chi connectivity index (χ2v) is 6.51. The van der Waals surface area contributed by atoms with Gasteiger partial charge in [-0.1, -0.05) is 37.3 Å². The molecule has 0 fully saturated rings. The van der Waals surface area contributed by atoms with E-state index in [1.54, 1.807) is 0 Å². The number of rotatable bonds is 3. The lowest BCUT2D eigenvalue weighted by atomic mass is 9.91. The Morgan fingerprint density at radius 1 is 1.48 bits per heavy atom. The lowest BCUT2D eigenvalue weighted by Crippen LogP contribution is -2.14. The Morgan fingerprint density at radius 2 is 2.14 bits per heavy atom. The van der Waals surface area contributed by atoms with E-state index in [2.05, 4.69) is 10.5 Å². The number of carbonyl (C=O) groups excluding carboxylic acids is 1. The van der Waals surface area contributed by atoms with Gasteiger partial charge in [0.1, 0.15) is 5.76 Å². The number of thiophene rings is 1. The summed E-state index contributed by atoms with van der Waals surface area (Å²) >= 11 is 0.906. The van der Waals surface area contributed by atoms with Crippen LogP contribution < -0.4 is 5.32 Å². The normalized spacial score (nSPS) is 11.4. The summed E-state index contributed by atoms with van der Waals surface area (Å²) in [5.41, 5.74) is 0.758. The molecule has 0 atom stereocenters. The number of anilines is 1. The van der Waals surface area contributed by atoms with Gasteiger partial charge >= 0.3 is 5.00 Å². The predicted molar refractivity (Wildman–Crippen MR) is 78.9 cm³/mol. The zero-order valence-corrected chi connectivity index (χ0v) is 12.9. The first-order valence-electron chi connectivity index (χ1n) is 6.21. The average Bonchev–Trinajstić information content (AvgIpc) is 2.96. The van der Waals surface area contributed by atoms with E-state index in [-0.39, 0.29) is 16.0 Å². The molecule has 0 saturated carbocycles. The molecular formula is C13H15N3O4S. The van der Waals surface area contributed by atoms with E-state index in [0.29, 0.717) is 11.6 Å². The molecule has 0 radical (unpaired) electrons. The standard InChI is InChI=1S/C13H15N3O4S/c1-7-10(13(2,3)4)20-15-11(7)14-12(17)8-5-9(16(18)19)21-6-8/h5-6H,1-4H3,(H,14,15,17). The second-order valence-electron chi connectivity index (χ2n) is 5.62. The molecule has 0 aromatic carbocycles. The first kappa shape index (κ1) is 15.2. The SMILES string of the molecule is Cc1c(NC(=O)c2csc([N+](=O)[O-])c2)noc1C(C)(C)C. The van der Waals surface area contributed by atoms with Gasteiger partial charge in [-0.15, -0.1) is 0 Å². The van der Waals surface area contributed by atoms with Crippen LogP contribution in [0, 0.1) is 17.0 Å². The molecule has 112 valence electrons. The Bertz CT molecular complexity index is 697. The minimum absolute atomic E-state index is 0.0765. The van der Waals surface area contributed by atoms with Gasteiger partial charge in [0.05, 0.1) is 10.5 Å². The maximum atomic E-state index is 12.1. The highest BCUT2D eigenvalue weighted by Gasteiger charge is 2.25. The minimum Gasteiger partial charge on any atom is -0.358 e. The summed E-state index contributed by atoms with van der Waals surface area (Å²) in [5, 5.41) is 18.4. The Labute approximate surface area is 125 Å². The Balaban J connectivity index is 2.20. The Hall–Kier alpha value is -2.22. The van der Waals surface area contributed by atoms with Gasteiger partial charge in [-0.05, 0) is 6.92 Å². The Kier molecular flexibility index (Phi) is 3.82. The van der Waals surface area contributed by atoms with E-state index in [0.717, 1.165) is 16.9 Å². The molecule has 1 amide bonds. The zero-order valence-electron chi connectivity index (χ0n) is 12.1. The van der Waals surface area contributed by atoms with E-state index in [9.17, 15) is 14.9 Å². The van der Waals surface area contributed by atoms with Crippen molar-refractivity contribution in [3.8, 4) is 0 Å². The zero-order chi connectivity index (χ0) is 15.8. The highest BCUT2D eigenvalue weighted by atomic mass is 32.1. The van der Waals surface area contributed by atoms with Gasteiger partial charge < -0.3 is 9.84 Å². The number of amides is 1. The monoisotopic (exact) mass is 309 g/mol. The van der Waals surface area contributed by atoms with Gasteiger partial charge in [-0.2, -0.15) is 0 Å². The topological polar surface area (TPSA) is 98.3 Å². The number of nitrogens with zero attached hydrogens (tertiary/aromatic N) is 2. The molecule has 0 spiro atoms. The van der Waals surface area contributed by atoms with Crippen molar-refractivity contribution < 1.29 is 14.2 Å². The molecule has 8 heteroatoms. The third-order valence-electron chi connectivity index (χ3n) is 2.86. The molecule has 0 bridgehead atoms. The van der Waals surface area contributed by atoms with Crippen LogP contribution in [0.5, 0.6) is 0 Å². The van der Waals surface area contributed by atoms with Crippen LogP contribution in [0.1, 0.15) is 42.5 Å². The minimum atomic E-state index is -0.527. The van der Waals surface area contributed by atoms with Crippen molar-refractivity contribution in [1.82, 2.24) is 5.16 Å². The van der Waals surface area contributed by atoms with Gasteiger partial charge in [0, 0.05) is 22.4 Å². The molecule has 0 aliphatic heterocycles. The quantitative estimate of drug-likeness (QED) is 0.691. The number of carbonyl (C=O) groups is 1. The maximum absolute atomic E-state index is 12.1. The van der Waals surface area contributed by atoms with Crippen molar-refractivity contribution in [3.05, 3.63) is 38.4 Å². The van der Waals surface area contributed by atoms with Crippen LogP contribution in [0.15, 0.2) is 16.0 Å². The third-order valence-corrected chi connectivity index (χ3v) is 3.75. The molecule has 2 rings (SSSR count). The largest absolute Gasteiger partial charge is 0.358 e. The first-order chi connectivity index (χ1) is 9.70. The van der Waals surface area contributed by atoms with Crippen LogP contribution in [-0.4, -0.2) is 16.0 Å². The Morgan fingerprint density at radius 3 is 2.62 bits per heavy atom. The van der Waals surface area contributed by atoms with Crippen molar-refractivity contribution in [2.75, 3.05) is 5.32 Å². The fourth-order valence-electron chi connectivity index (χ4n) is 1.87. The number of hydrogen-bond acceptors (Lipinski definition) is 6. The van der Waals surface area contributed by atoms with Crippen molar-refractivity contribution in [3.63, 3.8) is 0 Å². The summed E-state index contributed by atoms with van der Waals surface area (Å²) < 4.78 is 5.27. The molecule has 2 aromatic rings. The summed E-state index contributed by atoms with van der Waals surface area (Å²) in [7, 11) is 0. The molecule has 7 nitrogen and oxygen atoms in total. The number of nitro groups is 1. The molecule has 0 saturated heterocycles. The van der Waals surface area contributed by atoms with Crippen LogP contribution >= 0.6 is 11.3 Å². The fourth-order valence-corrected chi connectivity index (χ4v) is 2.58. The van der Waals surface area contributed by atoms with Gasteiger partial charge in [0.15, 0.2) is 5.82 Å². The van der Waals surface area contributed by atoms with Gasteiger partial charge in [0.25, 0.3) is 5.91 Å². The van der Waals surface area contributed by atoms with Crippen molar-refractivity contribution in [1.29, 1.82) is 0 Å². The molecule has 1 N–H and O–H groups in total. The lowest BCUT2D eigenvalue weighted by Gasteiger charge is -2.14. The molecule has 0 unspecified atom stereocenters. The number of nitrogens with one attached hydrogen (secondary N) is 1. The maximum Gasteiger partial charge on any atom is 0.324 e. The van der Waals surface area contributed by atoms with E-state index >= 15 is 0 Å². The van der Waals surface area contributed by atoms with Crippen LogP contribution in [0.25, 0.3) is 0 Å². The van der Waals surface area contributed by atoms with Gasteiger partial charge in [0.2, 0.25) is 0 Å². The second kappa shape index (κ2) is 5.28. The summed E-state index contributed by atoms with van der Waals surface area (Å²) in [6.45, 7) is 7.75. The number of hydrogen-bond donors (Lipinski definition) is 1. The molecule has 21 heavy (non-hydrogen) atoms. The highest BCUT2D eigenvalue weighted by Crippen LogP contribution is 2.30. The smallest absolute Gasteiger partial charge is 0.324 e.